The van der Waals surface area contributed by atoms with Crippen LogP contribution in [0.3, 0.4) is 0 Å². The lowest BCUT2D eigenvalue weighted by molar-refractivity contribution is -0.326. The van der Waals surface area contributed by atoms with Crippen molar-refractivity contribution in [3.63, 3.8) is 0 Å². The normalized spacial score (nSPS) is 42.8. The van der Waals surface area contributed by atoms with Gasteiger partial charge >= 0.3 is 11.9 Å². The smallest absolute Gasteiger partial charge is 0.340 e. The van der Waals surface area contributed by atoms with E-state index in [9.17, 15) is 30.0 Å². The first-order valence-electron chi connectivity index (χ1n) is 33.2. The van der Waals surface area contributed by atoms with Crippen molar-refractivity contribution >= 4 is 18.0 Å². The lowest BCUT2D eigenvalue weighted by atomic mass is 9.42. The van der Waals surface area contributed by atoms with Crippen LogP contribution in [-0.2, 0) is 71.1 Å². The van der Waals surface area contributed by atoms with E-state index < -0.39 is 70.1 Å². The van der Waals surface area contributed by atoms with Crippen molar-refractivity contribution in [1.29, 1.82) is 0 Å². The van der Waals surface area contributed by atoms with Crippen LogP contribution < -0.4 is 0 Å². The van der Waals surface area contributed by atoms with Crippen LogP contribution in [0.2, 0.25) is 0 Å². The van der Waals surface area contributed by atoms with E-state index in [1.54, 1.807) is 66.7 Å². The van der Waals surface area contributed by atoms with E-state index in [4.69, 9.17) is 66.3 Å². The molecule has 7 fully saturated rings. The summed E-state index contributed by atoms with van der Waals surface area (Å²) < 4.78 is 87.5. The SMILES string of the molecule is CO[C@H]1C[C@H](COC[C@@H]2[C@@H](C)O[C@@H](COC[C@H]3[C@@H](OC)C[C@H](COC[C@H]4[C@@H](OC)C[C@H](O[C@H]5CC[C@@]6(C)C(=CC[C@]7(O)[C@@H]6C[C@@H](OC(=O)/C=C/c6ccccc6)[C@@]6(C)[C@]7(O)CC[C@@]6(O)[C@@H](C)OC(=O)c6cccnc6)C5)O[C@@H]4C)O[C@@H]3C)C[C@H]2OC)O[C@H](C)[C@H]1O. The number of hydrogen-bond donors (Lipinski definition) is 4. The molecule has 4 aliphatic heterocycles. The van der Waals surface area contributed by atoms with Crippen molar-refractivity contribution in [2.75, 3.05) is 68.1 Å². The largest absolute Gasteiger partial charge is 0.458 e. The Bertz CT molecular complexity index is 2760. The number of esters is 2. The molecule has 2 aromatic rings. The zero-order valence-corrected chi connectivity index (χ0v) is 55.3. The number of rotatable bonds is 24. The average Bonchev–Trinajstić information content (AvgIpc) is 1.60. The van der Waals surface area contributed by atoms with Gasteiger partial charge in [-0.1, -0.05) is 55.8 Å². The second-order valence-corrected chi connectivity index (χ2v) is 27.8. The number of aromatic nitrogens is 1. The van der Waals surface area contributed by atoms with Crippen molar-refractivity contribution in [3.05, 3.63) is 83.7 Å². The van der Waals surface area contributed by atoms with Gasteiger partial charge in [0.1, 0.15) is 35.1 Å². The molecule has 10 rings (SSSR count). The monoisotopic (exact) mass is 1280 g/mol. The molecule has 91 heavy (non-hydrogen) atoms. The summed E-state index contributed by atoms with van der Waals surface area (Å²) in [4.78, 5) is 31.5. The highest BCUT2D eigenvalue weighted by Crippen LogP contribution is 2.71. The van der Waals surface area contributed by atoms with Crippen LogP contribution in [0.5, 0.6) is 0 Å². The highest BCUT2D eigenvalue weighted by Gasteiger charge is 2.81. The number of carbonyl (C=O) groups excluding carboxylic acids is 2. The standard InChI is InChI=1S/C70H103NO20/c1-41-53(38-82-35-50-29-57(79-9)54(42(2)85-50)39-84-37-52-31-59(81-11)64(73)44(4)87-52)56(78-8)30-51(86-41)36-83-40-55-43(3)88-63(32-58(55)80-10)90-49-22-23-66(6)48(28-49)21-24-69(76)60(66)33-61(91-62(72)20-19-46-16-13-12-14-17-46)67(7)68(75,25-26-70(67,69)77)45(5)89-65(74)47-18-15-27-71-34-47/h12-21,27,34,41-45,49-61,63-64,73,75-77H,22-26,28-33,35-40H2,1-11H3/b20-19+/t41-,42-,43-,44-,45-,49+,50-,51-,52-,53-,54-,55-,56+,57-,58+,59+,60-,61-,63+,64-,66+,67-,68-,69+,70-/m1/s1. The van der Waals surface area contributed by atoms with E-state index >= 15 is 0 Å². The number of nitrogens with zero attached hydrogens (tertiary/aromatic N) is 1. The van der Waals surface area contributed by atoms with Gasteiger partial charge in [0.25, 0.3) is 0 Å². The molecule has 21 nitrogen and oxygen atoms in total. The highest BCUT2D eigenvalue weighted by molar-refractivity contribution is 5.89. The van der Waals surface area contributed by atoms with Crippen molar-refractivity contribution in [3.8, 4) is 0 Å². The first kappa shape index (κ1) is 70.0. The number of aliphatic hydroxyl groups is 4. The van der Waals surface area contributed by atoms with Crippen LogP contribution in [-0.4, -0.2) is 220 Å². The Morgan fingerprint density at radius 2 is 1.24 bits per heavy atom. The molecule has 1 aromatic carbocycles. The molecule has 1 aromatic heterocycles. The van der Waals surface area contributed by atoms with E-state index in [1.807, 2.05) is 50.3 Å². The summed E-state index contributed by atoms with van der Waals surface area (Å²) in [5.74, 6) is -2.02. The van der Waals surface area contributed by atoms with E-state index in [0.29, 0.717) is 84.6 Å². The van der Waals surface area contributed by atoms with E-state index in [-0.39, 0.29) is 122 Å². The third kappa shape index (κ3) is 14.2. The summed E-state index contributed by atoms with van der Waals surface area (Å²) in [5.41, 5.74) is -5.99. The van der Waals surface area contributed by atoms with Crippen LogP contribution in [0, 0.1) is 34.5 Å². The number of ether oxygens (including phenoxy) is 14. The molecule has 0 amide bonds. The Balaban J connectivity index is 0.705. The molecule has 5 heterocycles. The van der Waals surface area contributed by atoms with Gasteiger partial charge in [0.15, 0.2) is 6.29 Å². The van der Waals surface area contributed by atoms with Crippen LogP contribution in [0.4, 0.5) is 0 Å². The van der Waals surface area contributed by atoms with Gasteiger partial charge in [0.2, 0.25) is 0 Å². The predicted octanol–water partition coefficient (Wildman–Crippen LogP) is 7.16. The Morgan fingerprint density at radius 1 is 0.681 bits per heavy atom. The first-order valence-corrected chi connectivity index (χ1v) is 33.2. The second kappa shape index (κ2) is 29.6. The number of hydrogen-bond acceptors (Lipinski definition) is 21. The Hall–Kier alpha value is -3.85. The Morgan fingerprint density at radius 3 is 1.81 bits per heavy atom. The fraction of sp³-hybridized carbons (Fsp3) is 0.757. The highest BCUT2D eigenvalue weighted by atomic mass is 16.7. The average molecular weight is 1280 g/mol. The molecule has 4 saturated heterocycles. The molecule has 508 valence electrons. The number of methoxy groups -OCH3 is 4. The summed E-state index contributed by atoms with van der Waals surface area (Å²) in [7, 11) is 6.78. The maximum absolute atomic E-state index is 14.0. The fourth-order valence-electron chi connectivity index (χ4n) is 17.3. The summed E-state index contributed by atoms with van der Waals surface area (Å²) in [6, 6.07) is 12.5. The van der Waals surface area contributed by atoms with Gasteiger partial charge in [-0.3, -0.25) is 4.98 Å². The first-order chi connectivity index (χ1) is 43.5. The predicted molar refractivity (Wildman–Crippen MR) is 332 cm³/mol. The van der Waals surface area contributed by atoms with Crippen molar-refractivity contribution in [2.24, 2.45) is 34.5 Å². The lowest BCUT2D eigenvalue weighted by Gasteiger charge is -2.67. The molecule has 0 bridgehead atoms. The van der Waals surface area contributed by atoms with E-state index in [2.05, 4.69) is 25.8 Å². The molecule has 8 aliphatic rings. The third-order valence-electron chi connectivity index (χ3n) is 22.9. The maximum Gasteiger partial charge on any atom is 0.340 e. The van der Waals surface area contributed by atoms with Gasteiger partial charge in [-0.15, -0.1) is 0 Å². The third-order valence-corrected chi connectivity index (χ3v) is 22.9. The topological polar surface area (TPSA) is 257 Å². The van der Waals surface area contributed by atoms with Gasteiger partial charge in [-0.25, -0.2) is 9.59 Å². The number of pyridine rings is 1. The molecular formula is C70H103NO20. The minimum atomic E-state index is -1.99. The van der Waals surface area contributed by atoms with Gasteiger partial charge in [0, 0.05) is 96.3 Å². The molecule has 0 spiro atoms. The Kier molecular flexibility index (Phi) is 22.8. The molecule has 3 saturated carbocycles. The summed E-state index contributed by atoms with van der Waals surface area (Å²) in [6.07, 6.45) is 6.45. The number of aliphatic hydroxyl groups excluding tert-OH is 1. The molecular weight excluding hydrogens is 1170 g/mol. The van der Waals surface area contributed by atoms with Gasteiger partial charge in [-0.2, -0.15) is 0 Å². The molecule has 4 N–H and O–H groups in total. The van der Waals surface area contributed by atoms with E-state index in [0.717, 1.165) is 11.1 Å². The van der Waals surface area contributed by atoms with Crippen LogP contribution >= 0.6 is 0 Å². The maximum atomic E-state index is 14.0. The zero-order chi connectivity index (χ0) is 65.0. The van der Waals surface area contributed by atoms with Crippen LogP contribution in [0.15, 0.2) is 72.6 Å². The zero-order valence-electron chi connectivity index (χ0n) is 55.3. The van der Waals surface area contributed by atoms with Gasteiger partial charge in [0.05, 0.1) is 124 Å². The number of benzene rings is 1. The molecule has 0 radical (unpaired) electrons. The number of carbonyl (C=O) groups is 2. The van der Waals surface area contributed by atoms with E-state index in [1.165, 1.54) is 12.3 Å². The molecule has 25 atom stereocenters. The summed E-state index contributed by atoms with van der Waals surface area (Å²) in [5, 5.41) is 50.1. The fourth-order valence-corrected chi connectivity index (χ4v) is 17.3. The second-order valence-electron chi connectivity index (χ2n) is 27.8. The van der Waals surface area contributed by atoms with Crippen molar-refractivity contribution in [1.82, 2.24) is 4.98 Å². The summed E-state index contributed by atoms with van der Waals surface area (Å²) in [6.45, 7) is 15.8. The minimum absolute atomic E-state index is 0.000289. The van der Waals surface area contributed by atoms with Crippen LogP contribution in [0.25, 0.3) is 6.08 Å². The quantitative estimate of drug-likeness (QED) is 0.0462. The van der Waals surface area contributed by atoms with Gasteiger partial charge in [-0.05, 0) is 109 Å². The van der Waals surface area contributed by atoms with Crippen molar-refractivity contribution in [2.45, 2.75) is 234 Å². The Labute approximate surface area is 537 Å². The summed E-state index contributed by atoms with van der Waals surface area (Å²) >= 11 is 0. The lowest BCUT2D eigenvalue weighted by Crippen LogP contribution is -2.78. The molecule has 4 aliphatic carbocycles. The number of fused-ring (bicyclic) bond motifs is 5. The van der Waals surface area contributed by atoms with Crippen LogP contribution in [0.1, 0.15) is 135 Å². The minimum Gasteiger partial charge on any atom is -0.458 e. The molecule has 0 unspecified atom stereocenters. The molecule has 21 heteroatoms. The van der Waals surface area contributed by atoms with Crippen molar-refractivity contribution < 1.29 is 96.3 Å². The van der Waals surface area contributed by atoms with Gasteiger partial charge < -0.3 is 86.7 Å².